The Hall–Kier alpha value is -1.51. The summed E-state index contributed by atoms with van der Waals surface area (Å²) in [7, 11) is 0. The van der Waals surface area contributed by atoms with Crippen molar-refractivity contribution in [2.24, 2.45) is 11.8 Å². The number of hydrogen-bond acceptors (Lipinski definition) is 1. The van der Waals surface area contributed by atoms with Crippen molar-refractivity contribution >= 4 is 6.09 Å². The van der Waals surface area contributed by atoms with Crippen LogP contribution >= 0.6 is 0 Å². The Balaban J connectivity index is 2.13. The third kappa shape index (κ3) is 1.71. The molecule has 1 aliphatic carbocycles. The predicted octanol–water partition coefficient (Wildman–Crippen LogP) is 2.24. The number of hydrogen-bond donors (Lipinski definition) is 1. The fourth-order valence-electron chi connectivity index (χ4n) is 1.89. The minimum absolute atomic E-state index is 0.365. The van der Waals surface area contributed by atoms with Gasteiger partial charge in [-0.05, 0) is 12.3 Å². The summed E-state index contributed by atoms with van der Waals surface area (Å²) >= 11 is 0. The first-order chi connectivity index (χ1) is 6.77. The van der Waals surface area contributed by atoms with Gasteiger partial charge in [0.05, 0.1) is 0 Å². The number of nitrogens with zero attached hydrogens (tertiary/aromatic N) is 1. The zero-order valence-corrected chi connectivity index (χ0v) is 7.84. The number of carbonyl (C=O) groups is 1. The topological polar surface area (TPSA) is 40.5 Å². The number of amides is 1. The smallest absolute Gasteiger partial charge is 0.411 e. The van der Waals surface area contributed by atoms with E-state index < -0.39 is 6.09 Å². The van der Waals surface area contributed by atoms with E-state index in [9.17, 15) is 4.79 Å². The third-order valence-electron chi connectivity index (χ3n) is 2.73. The minimum Gasteiger partial charge on any atom is -0.465 e. The summed E-state index contributed by atoms with van der Waals surface area (Å²) in [5, 5.41) is 8.84. The summed E-state index contributed by atoms with van der Waals surface area (Å²) < 4.78 is 0. The van der Waals surface area contributed by atoms with Crippen molar-refractivity contribution in [3.05, 3.63) is 36.6 Å². The second-order valence-corrected chi connectivity index (χ2v) is 3.62. The second-order valence-electron chi connectivity index (χ2n) is 3.62. The largest absolute Gasteiger partial charge is 0.465 e. The molecule has 74 valence electrons. The standard InChI is InChI=1S/C11H13NO2/c13-11(14)12-7-5-9-3-1-2-4-10(9)6-8-12/h1-5,7,9-10H,6,8H2,(H,13,14). The molecule has 0 fully saturated rings. The molecule has 2 rings (SSSR count). The highest BCUT2D eigenvalue weighted by Gasteiger charge is 2.21. The lowest BCUT2D eigenvalue weighted by Crippen LogP contribution is -2.24. The van der Waals surface area contributed by atoms with Crippen molar-refractivity contribution in [3.63, 3.8) is 0 Å². The van der Waals surface area contributed by atoms with E-state index in [1.54, 1.807) is 6.20 Å². The van der Waals surface area contributed by atoms with Gasteiger partial charge in [-0.25, -0.2) is 4.79 Å². The quantitative estimate of drug-likeness (QED) is 0.638. The number of allylic oxidation sites excluding steroid dienone is 5. The number of carboxylic acid groups (broad SMARTS) is 1. The van der Waals surface area contributed by atoms with Gasteiger partial charge < -0.3 is 5.11 Å². The normalized spacial score (nSPS) is 29.9. The highest BCUT2D eigenvalue weighted by molar-refractivity contribution is 5.66. The average molecular weight is 191 g/mol. The lowest BCUT2D eigenvalue weighted by molar-refractivity contribution is 0.162. The van der Waals surface area contributed by atoms with Gasteiger partial charge in [-0.3, -0.25) is 4.90 Å². The van der Waals surface area contributed by atoms with Gasteiger partial charge in [-0.1, -0.05) is 30.4 Å². The van der Waals surface area contributed by atoms with Crippen LogP contribution in [-0.2, 0) is 0 Å². The van der Waals surface area contributed by atoms with Crippen LogP contribution in [0.5, 0.6) is 0 Å². The highest BCUT2D eigenvalue weighted by Crippen LogP contribution is 2.26. The summed E-state index contributed by atoms with van der Waals surface area (Å²) in [6.45, 7) is 0.588. The Labute approximate surface area is 83.0 Å². The van der Waals surface area contributed by atoms with Crippen LogP contribution in [0.15, 0.2) is 36.6 Å². The first-order valence-electron chi connectivity index (χ1n) is 4.80. The molecule has 2 aliphatic rings. The van der Waals surface area contributed by atoms with Gasteiger partial charge in [-0.2, -0.15) is 0 Å². The Morgan fingerprint density at radius 3 is 2.86 bits per heavy atom. The molecule has 1 N–H and O–H groups in total. The van der Waals surface area contributed by atoms with Crippen LogP contribution in [0.2, 0.25) is 0 Å². The lowest BCUT2D eigenvalue weighted by Gasteiger charge is -2.19. The zero-order chi connectivity index (χ0) is 9.97. The second kappa shape index (κ2) is 3.70. The Morgan fingerprint density at radius 2 is 2.07 bits per heavy atom. The number of rotatable bonds is 0. The maximum absolute atomic E-state index is 10.8. The molecular weight excluding hydrogens is 178 g/mol. The summed E-state index contributed by atoms with van der Waals surface area (Å²) in [4.78, 5) is 12.1. The molecule has 2 unspecified atom stereocenters. The van der Waals surface area contributed by atoms with Crippen LogP contribution in [0.1, 0.15) is 6.42 Å². The molecule has 0 saturated carbocycles. The molecule has 0 aromatic rings. The first-order valence-corrected chi connectivity index (χ1v) is 4.80. The van der Waals surface area contributed by atoms with E-state index in [1.165, 1.54) is 4.90 Å². The van der Waals surface area contributed by atoms with Gasteiger partial charge in [0.1, 0.15) is 0 Å². The first kappa shape index (κ1) is 9.06. The third-order valence-corrected chi connectivity index (χ3v) is 2.73. The van der Waals surface area contributed by atoms with Crippen molar-refractivity contribution in [1.29, 1.82) is 0 Å². The Morgan fingerprint density at radius 1 is 1.29 bits per heavy atom. The van der Waals surface area contributed by atoms with Crippen LogP contribution in [0.4, 0.5) is 4.79 Å². The van der Waals surface area contributed by atoms with Crippen molar-refractivity contribution in [2.45, 2.75) is 6.42 Å². The predicted molar refractivity (Wildman–Crippen MR) is 53.7 cm³/mol. The fourth-order valence-corrected chi connectivity index (χ4v) is 1.89. The van der Waals surface area contributed by atoms with Crippen LogP contribution in [0, 0.1) is 11.8 Å². The molecule has 1 aliphatic heterocycles. The molecule has 2 atom stereocenters. The van der Waals surface area contributed by atoms with Crippen LogP contribution < -0.4 is 0 Å². The lowest BCUT2D eigenvalue weighted by atomic mass is 9.87. The maximum atomic E-state index is 10.8. The average Bonchev–Trinajstić information content (AvgIpc) is 2.39. The number of fused-ring (bicyclic) bond motifs is 1. The molecule has 1 heterocycles. The van der Waals surface area contributed by atoms with Crippen LogP contribution in [0.3, 0.4) is 0 Å². The van der Waals surface area contributed by atoms with Crippen LogP contribution in [0.25, 0.3) is 0 Å². The van der Waals surface area contributed by atoms with E-state index in [1.807, 2.05) is 18.2 Å². The van der Waals surface area contributed by atoms with Gasteiger partial charge in [-0.15, -0.1) is 0 Å². The molecule has 3 nitrogen and oxygen atoms in total. The van der Waals surface area contributed by atoms with Crippen molar-refractivity contribution in [2.75, 3.05) is 6.54 Å². The van der Waals surface area contributed by atoms with E-state index in [-0.39, 0.29) is 0 Å². The van der Waals surface area contributed by atoms with Gasteiger partial charge in [0.2, 0.25) is 0 Å². The van der Waals surface area contributed by atoms with Gasteiger partial charge in [0.25, 0.3) is 0 Å². The van der Waals surface area contributed by atoms with Gasteiger partial charge in [0, 0.05) is 18.7 Å². The van der Waals surface area contributed by atoms with E-state index in [0.29, 0.717) is 18.4 Å². The van der Waals surface area contributed by atoms with E-state index in [0.717, 1.165) is 6.42 Å². The molecule has 1 amide bonds. The van der Waals surface area contributed by atoms with Crippen LogP contribution in [-0.4, -0.2) is 22.6 Å². The molecule has 0 bridgehead atoms. The molecule has 0 saturated heterocycles. The molecule has 14 heavy (non-hydrogen) atoms. The van der Waals surface area contributed by atoms with Gasteiger partial charge in [0.15, 0.2) is 0 Å². The SMILES string of the molecule is O=C(O)N1C=CC2C=CC=CC2CC1. The van der Waals surface area contributed by atoms with Crippen molar-refractivity contribution in [3.8, 4) is 0 Å². The Kier molecular flexibility index (Phi) is 2.39. The summed E-state index contributed by atoms with van der Waals surface area (Å²) in [5.74, 6) is 0.824. The minimum atomic E-state index is -0.868. The Bertz CT molecular complexity index is 317. The summed E-state index contributed by atoms with van der Waals surface area (Å²) in [5.41, 5.74) is 0. The molecule has 0 aromatic carbocycles. The van der Waals surface area contributed by atoms with Gasteiger partial charge >= 0.3 is 6.09 Å². The summed E-state index contributed by atoms with van der Waals surface area (Å²) in [6.07, 6.45) is 12.0. The summed E-state index contributed by atoms with van der Waals surface area (Å²) in [6, 6.07) is 0. The molecule has 0 aromatic heterocycles. The highest BCUT2D eigenvalue weighted by atomic mass is 16.4. The zero-order valence-electron chi connectivity index (χ0n) is 7.84. The molecular formula is C11H13NO2. The molecule has 0 spiro atoms. The van der Waals surface area contributed by atoms with E-state index in [2.05, 4.69) is 12.2 Å². The molecule has 3 heteroatoms. The fraction of sp³-hybridized carbons (Fsp3) is 0.364. The van der Waals surface area contributed by atoms with Crippen molar-refractivity contribution in [1.82, 2.24) is 4.90 Å². The van der Waals surface area contributed by atoms with E-state index >= 15 is 0 Å². The monoisotopic (exact) mass is 191 g/mol. The van der Waals surface area contributed by atoms with E-state index in [4.69, 9.17) is 5.11 Å². The maximum Gasteiger partial charge on any atom is 0.411 e. The molecule has 0 radical (unpaired) electrons. The van der Waals surface area contributed by atoms with Crippen molar-refractivity contribution < 1.29 is 9.90 Å².